The molecule has 0 spiro atoms. The van der Waals surface area contributed by atoms with Gasteiger partial charge in [-0.3, -0.25) is 0 Å². The van der Waals surface area contributed by atoms with Gasteiger partial charge in [-0.05, 0) is 24.3 Å². The van der Waals surface area contributed by atoms with Crippen LogP contribution in [0.1, 0.15) is 24.3 Å². The fraction of sp³-hybridized carbons (Fsp3) is 0.455. The van der Waals surface area contributed by atoms with Crippen molar-refractivity contribution in [3.8, 4) is 0 Å². The first-order valence-electron chi connectivity index (χ1n) is 4.72. The van der Waals surface area contributed by atoms with Crippen molar-refractivity contribution in [3.05, 3.63) is 35.9 Å². The van der Waals surface area contributed by atoms with Crippen molar-refractivity contribution < 1.29 is 0 Å². The maximum atomic E-state index is 5.99. The summed E-state index contributed by atoms with van der Waals surface area (Å²) in [5.41, 5.74) is 1.43. The fourth-order valence-electron chi connectivity index (χ4n) is 1.83. The van der Waals surface area contributed by atoms with E-state index in [-0.39, 0.29) is 5.50 Å². The molecular formula is C11H13ClN. The number of alkyl halides is 1. The van der Waals surface area contributed by atoms with Crippen LogP contribution >= 0.6 is 11.6 Å². The molecule has 2 heteroatoms. The van der Waals surface area contributed by atoms with E-state index in [1.54, 1.807) is 0 Å². The SMILES string of the molecule is ClC1CC(c2ccccc2)CC[N]1. The molecule has 1 aromatic carbocycles. The zero-order valence-corrected chi connectivity index (χ0v) is 8.24. The van der Waals surface area contributed by atoms with Crippen LogP contribution in [-0.2, 0) is 0 Å². The quantitative estimate of drug-likeness (QED) is 0.482. The Morgan fingerprint density at radius 3 is 2.69 bits per heavy atom. The average molecular weight is 195 g/mol. The minimum Gasteiger partial charge on any atom is -0.222 e. The maximum absolute atomic E-state index is 5.99. The lowest BCUT2D eigenvalue weighted by Gasteiger charge is -2.25. The Balaban J connectivity index is 2.08. The van der Waals surface area contributed by atoms with Crippen LogP contribution in [0.25, 0.3) is 0 Å². The van der Waals surface area contributed by atoms with Gasteiger partial charge in [0.25, 0.3) is 0 Å². The van der Waals surface area contributed by atoms with Gasteiger partial charge in [0.05, 0.1) is 5.50 Å². The van der Waals surface area contributed by atoms with Gasteiger partial charge >= 0.3 is 0 Å². The smallest absolute Gasteiger partial charge is 0.0990 e. The second-order valence-corrected chi connectivity index (χ2v) is 3.98. The summed E-state index contributed by atoms with van der Waals surface area (Å²) in [6.07, 6.45) is 2.14. The molecule has 13 heavy (non-hydrogen) atoms. The van der Waals surface area contributed by atoms with Crippen molar-refractivity contribution in [2.75, 3.05) is 6.54 Å². The Bertz CT molecular complexity index is 260. The molecule has 1 saturated heterocycles. The van der Waals surface area contributed by atoms with Crippen LogP contribution < -0.4 is 5.32 Å². The van der Waals surface area contributed by atoms with E-state index >= 15 is 0 Å². The summed E-state index contributed by atoms with van der Waals surface area (Å²) in [5.74, 6) is 0.612. The van der Waals surface area contributed by atoms with Crippen LogP contribution in [0.4, 0.5) is 0 Å². The van der Waals surface area contributed by atoms with Crippen LogP contribution in [0, 0.1) is 0 Å². The Morgan fingerprint density at radius 1 is 1.23 bits per heavy atom. The van der Waals surface area contributed by atoms with E-state index in [4.69, 9.17) is 11.6 Å². The minimum atomic E-state index is 0.0268. The molecule has 1 fully saturated rings. The molecule has 1 aliphatic rings. The van der Waals surface area contributed by atoms with Crippen LogP contribution in [0.15, 0.2) is 30.3 Å². The number of halogens is 1. The highest BCUT2D eigenvalue weighted by Crippen LogP contribution is 2.29. The summed E-state index contributed by atoms with van der Waals surface area (Å²) >= 11 is 5.99. The summed E-state index contributed by atoms with van der Waals surface area (Å²) < 4.78 is 0. The first-order chi connectivity index (χ1) is 6.36. The molecule has 1 nitrogen and oxygen atoms in total. The number of rotatable bonds is 1. The minimum absolute atomic E-state index is 0.0268. The monoisotopic (exact) mass is 194 g/mol. The number of nitrogens with zero attached hydrogens (tertiary/aromatic N) is 1. The second kappa shape index (κ2) is 4.12. The highest BCUT2D eigenvalue weighted by Gasteiger charge is 2.21. The Kier molecular flexibility index (Phi) is 2.87. The highest BCUT2D eigenvalue weighted by molar-refractivity contribution is 6.20. The van der Waals surface area contributed by atoms with Gasteiger partial charge in [0.1, 0.15) is 0 Å². The van der Waals surface area contributed by atoms with Crippen molar-refractivity contribution >= 4 is 11.6 Å². The Hall–Kier alpha value is -0.530. The summed E-state index contributed by atoms with van der Waals surface area (Å²) in [6, 6.07) is 10.6. The van der Waals surface area contributed by atoms with Gasteiger partial charge < -0.3 is 0 Å². The van der Waals surface area contributed by atoms with Crippen molar-refractivity contribution in [1.82, 2.24) is 5.32 Å². The van der Waals surface area contributed by atoms with Crippen molar-refractivity contribution in [3.63, 3.8) is 0 Å². The summed E-state index contributed by atoms with van der Waals surface area (Å²) in [6.45, 7) is 0.910. The molecule has 0 aromatic heterocycles. The highest BCUT2D eigenvalue weighted by atomic mass is 35.5. The van der Waals surface area contributed by atoms with E-state index in [1.807, 2.05) is 0 Å². The number of hydrogen-bond acceptors (Lipinski definition) is 0. The molecular weight excluding hydrogens is 182 g/mol. The molecule has 1 aliphatic heterocycles. The summed E-state index contributed by atoms with van der Waals surface area (Å²) in [7, 11) is 0. The van der Waals surface area contributed by atoms with Gasteiger partial charge in [0.15, 0.2) is 0 Å². The van der Waals surface area contributed by atoms with Crippen molar-refractivity contribution in [2.24, 2.45) is 0 Å². The lowest BCUT2D eigenvalue weighted by molar-refractivity contribution is 0.424. The van der Waals surface area contributed by atoms with Gasteiger partial charge in [-0.1, -0.05) is 30.3 Å². The lowest BCUT2D eigenvalue weighted by atomic mass is 9.90. The lowest BCUT2D eigenvalue weighted by Crippen LogP contribution is -2.27. The molecule has 1 heterocycles. The number of piperidine rings is 1. The van der Waals surface area contributed by atoms with Gasteiger partial charge in [0.2, 0.25) is 0 Å². The third kappa shape index (κ3) is 2.23. The molecule has 0 N–H and O–H groups in total. The molecule has 0 saturated carbocycles. The Labute approximate surface area is 84.1 Å². The first-order valence-corrected chi connectivity index (χ1v) is 5.15. The molecule has 69 valence electrons. The van der Waals surface area contributed by atoms with Crippen molar-refractivity contribution in [2.45, 2.75) is 24.3 Å². The van der Waals surface area contributed by atoms with Gasteiger partial charge in [0, 0.05) is 6.54 Å². The van der Waals surface area contributed by atoms with Crippen LogP contribution in [0.2, 0.25) is 0 Å². The zero-order chi connectivity index (χ0) is 9.10. The molecule has 2 rings (SSSR count). The predicted molar refractivity (Wildman–Crippen MR) is 55.1 cm³/mol. The van der Waals surface area contributed by atoms with E-state index < -0.39 is 0 Å². The average Bonchev–Trinajstić information content (AvgIpc) is 2.19. The fourth-order valence-corrected chi connectivity index (χ4v) is 2.14. The zero-order valence-electron chi connectivity index (χ0n) is 7.49. The largest absolute Gasteiger partial charge is 0.222 e. The first kappa shape index (κ1) is 9.04. The molecule has 1 radical (unpaired) electrons. The van der Waals surface area contributed by atoms with Crippen molar-refractivity contribution in [1.29, 1.82) is 0 Å². The van der Waals surface area contributed by atoms with Crippen LogP contribution in [0.3, 0.4) is 0 Å². The molecule has 2 atom stereocenters. The molecule has 2 unspecified atom stereocenters. The van der Waals surface area contributed by atoms with Gasteiger partial charge in [-0.25, -0.2) is 5.32 Å². The van der Waals surface area contributed by atoms with Gasteiger partial charge in [-0.15, -0.1) is 11.6 Å². The second-order valence-electron chi connectivity index (χ2n) is 3.47. The van der Waals surface area contributed by atoms with E-state index in [0.717, 1.165) is 19.4 Å². The van der Waals surface area contributed by atoms with Gasteiger partial charge in [-0.2, -0.15) is 0 Å². The molecule has 1 aromatic rings. The van der Waals surface area contributed by atoms with E-state index in [0.29, 0.717) is 5.92 Å². The van der Waals surface area contributed by atoms with Crippen LogP contribution in [0.5, 0.6) is 0 Å². The summed E-state index contributed by atoms with van der Waals surface area (Å²) in [4.78, 5) is 0. The molecule has 0 amide bonds. The Morgan fingerprint density at radius 2 is 2.00 bits per heavy atom. The topological polar surface area (TPSA) is 14.1 Å². The predicted octanol–water partition coefficient (Wildman–Crippen LogP) is 2.73. The molecule has 0 aliphatic carbocycles. The van der Waals surface area contributed by atoms with E-state index in [1.165, 1.54) is 5.56 Å². The molecule has 0 bridgehead atoms. The third-order valence-electron chi connectivity index (χ3n) is 2.55. The van der Waals surface area contributed by atoms with E-state index in [9.17, 15) is 0 Å². The number of hydrogen-bond donors (Lipinski definition) is 0. The van der Waals surface area contributed by atoms with E-state index in [2.05, 4.69) is 35.6 Å². The normalized spacial score (nSPS) is 28.7. The maximum Gasteiger partial charge on any atom is 0.0990 e. The summed E-state index contributed by atoms with van der Waals surface area (Å²) in [5, 5.41) is 4.27. The van der Waals surface area contributed by atoms with Crippen LogP contribution in [-0.4, -0.2) is 12.0 Å². The number of benzene rings is 1. The third-order valence-corrected chi connectivity index (χ3v) is 2.87. The standard InChI is InChI=1S/C11H13ClN/c12-11-8-10(6-7-13-11)9-4-2-1-3-5-9/h1-5,10-11H,6-8H2.